The zero-order valence-electron chi connectivity index (χ0n) is 21.1. The molecule has 8 nitrogen and oxygen atoms in total. The Morgan fingerprint density at radius 1 is 1.05 bits per heavy atom. The number of hydrogen-bond acceptors (Lipinski definition) is 7. The molecule has 0 saturated carbocycles. The van der Waals surface area contributed by atoms with Gasteiger partial charge in [-0.05, 0) is 73.9 Å². The fourth-order valence-corrected chi connectivity index (χ4v) is 4.48. The Kier molecular flexibility index (Phi) is 7.38. The molecule has 1 fully saturated rings. The third-order valence-electron chi connectivity index (χ3n) is 6.28. The van der Waals surface area contributed by atoms with E-state index in [1.165, 1.54) is 4.90 Å². The minimum atomic E-state index is -0.945. The van der Waals surface area contributed by atoms with Gasteiger partial charge in [-0.3, -0.25) is 24.3 Å². The minimum Gasteiger partial charge on any atom is -0.507 e. The molecule has 0 radical (unpaired) electrons. The van der Waals surface area contributed by atoms with Gasteiger partial charge in [-0.15, -0.1) is 0 Å². The average Bonchev–Trinajstić information content (AvgIpc) is 3.16. The van der Waals surface area contributed by atoms with Crippen molar-refractivity contribution < 1.29 is 29.0 Å². The van der Waals surface area contributed by atoms with Crippen LogP contribution in [0.15, 0.2) is 66.4 Å². The number of aliphatic hydroxyl groups is 1. The molecule has 37 heavy (non-hydrogen) atoms. The normalized spacial score (nSPS) is 16.6. The first-order chi connectivity index (χ1) is 17.8. The Balaban J connectivity index is 1.83. The molecule has 1 amide bonds. The summed E-state index contributed by atoms with van der Waals surface area (Å²) in [6.45, 7) is 5.66. The molecule has 0 bridgehead atoms. The molecular formula is C29H28N2O6. The van der Waals surface area contributed by atoms with Crippen LogP contribution in [-0.2, 0) is 25.5 Å². The van der Waals surface area contributed by atoms with Crippen LogP contribution in [0, 0.1) is 13.8 Å². The Labute approximate surface area is 215 Å². The van der Waals surface area contributed by atoms with E-state index in [2.05, 4.69) is 4.98 Å². The lowest BCUT2D eigenvalue weighted by atomic mass is 9.95. The Morgan fingerprint density at radius 2 is 1.78 bits per heavy atom. The summed E-state index contributed by atoms with van der Waals surface area (Å²) in [5.74, 6) is -1.57. The maximum atomic E-state index is 13.4. The van der Waals surface area contributed by atoms with Gasteiger partial charge < -0.3 is 14.6 Å². The van der Waals surface area contributed by atoms with Gasteiger partial charge in [-0.1, -0.05) is 18.2 Å². The van der Waals surface area contributed by atoms with Crippen molar-refractivity contribution in [3.63, 3.8) is 0 Å². The van der Waals surface area contributed by atoms with Crippen LogP contribution in [-0.4, -0.2) is 41.5 Å². The number of benzene rings is 2. The quantitative estimate of drug-likeness (QED) is 0.221. The molecule has 1 aliphatic heterocycles. The van der Waals surface area contributed by atoms with Crippen molar-refractivity contribution in [2.24, 2.45) is 0 Å². The summed E-state index contributed by atoms with van der Waals surface area (Å²) in [6.07, 6.45) is 1.66. The summed E-state index contributed by atoms with van der Waals surface area (Å²) in [7, 11) is 1.56. The van der Waals surface area contributed by atoms with E-state index in [4.69, 9.17) is 9.47 Å². The monoisotopic (exact) mass is 500 g/mol. The first-order valence-corrected chi connectivity index (χ1v) is 11.9. The second-order valence-corrected chi connectivity index (χ2v) is 8.71. The number of methoxy groups -OCH3 is 1. The number of aliphatic hydroxyl groups excluding tert-OH is 1. The summed E-state index contributed by atoms with van der Waals surface area (Å²) in [4.78, 5) is 44.3. The van der Waals surface area contributed by atoms with E-state index in [0.29, 0.717) is 40.4 Å². The lowest BCUT2D eigenvalue weighted by Crippen LogP contribution is -2.29. The number of aryl methyl sites for hydroxylation is 2. The molecule has 0 aliphatic carbocycles. The maximum Gasteiger partial charge on any atom is 0.310 e. The molecular weight excluding hydrogens is 472 g/mol. The Hall–Kier alpha value is -4.46. The predicted molar refractivity (Wildman–Crippen MR) is 138 cm³/mol. The molecule has 1 saturated heterocycles. The number of amides is 1. The van der Waals surface area contributed by atoms with Crippen LogP contribution in [0.5, 0.6) is 5.75 Å². The van der Waals surface area contributed by atoms with E-state index < -0.39 is 17.7 Å². The van der Waals surface area contributed by atoms with Gasteiger partial charge in [0, 0.05) is 17.4 Å². The summed E-state index contributed by atoms with van der Waals surface area (Å²) >= 11 is 0. The number of ether oxygens (including phenoxy) is 2. The van der Waals surface area contributed by atoms with Crippen molar-refractivity contribution in [2.45, 2.75) is 33.2 Å². The lowest BCUT2D eigenvalue weighted by molar-refractivity contribution is -0.142. The second-order valence-electron chi connectivity index (χ2n) is 8.71. The van der Waals surface area contributed by atoms with E-state index in [1.807, 2.05) is 6.92 Å². The van der Waals surface area contributed by atoms with Gasteiger partial charge in [0.05, 0.1) is 31.4 Å². The SMILES string of the molecule is CCOC(=O)Cc1ccc(N2C(=O)C(=O)/C(=C(/O)c3cc(C)c(OC)cc3C)C2c2ccccn2)cc1. The highest BCUT2D eigenvalue weighted by Gasteiger charge is 2.47. The molecule has 3 aromatic rings. The number of anilines is 1. The molecule has 8 heteroatoms. The molecule has 1 atom stereocenters. The Morgan fingerprint density at radius 3 is 2.41 bits per heavy atom. The molecule has 4 rings (SSSR count). The molecule has 2 aromatic carbocycles. The van der Waals surface area contributed by atoms with Gasteiger partial charge in [0.1, 0.15) is 17.6 Å². The van der Waals surface area contributed by atoms with E-state index in [1.54, 1.807) is 81.8 Å². The number of nitrogens with zero attached hydrogens (tertiary/aromatic N) is 2. The van der Waals surface area contributed by atoms with Crippen LogP contribution in [0.3, 0.4) is 0 Å². The highest BCUT2D eigenvalue weighted by Crippen LogP contribution is 2.42. The third-order valence-corrected chi connectivity index (χ3v) is 6.28. The number of ketones is 1. The lowest BCUT2D eigenvalue weighted by Gasteiger charge is -2.25. The number of hydrogen-bond donors (Lipinski definition) is 1. The van der Waals surface area contributed by atoms with Crippen molar-refractivity contribution in [3.05, 3.63) is 94.3 Å². The highest BCUT2D eigenvalue weighted by atomic mass is 16.5. The third kappa shape index (κ3) is 4.95. The number of carbonyl (C=O) groups excluding carboxylic acids is 3. The van der Waals surface area contributed by atoms with Crippen molar-refractivity contribution in [1.82, 2.24) is 4.98 Å². The molecule has 0 spiro atoms. The van der Waals surface area contributed by atoms with Crippen LogP contribution >= 0.6 is 0 Å². The number of aromatic nitrogens is 1. The van der Waals surface area contributed by atoms with Crippen molar-refractivity contribution in [3.8, 4) is 5.75 Å². The molecule has 2 heterocycles. The predicted octanol–water partition coefficient (Wildman–Crippen LogP) is 4.44. The van der Waals surface area contributed by atoms with E-state index in [-0.39, 0.29) is 23.7 Å². The highest BCUT2D eigenvalue weighted by molar-refractivity contribution is 6.51. The zero-order chi connectivity index (χ0) is 26.7. The first kappa shape index (κ1) is 25.6. The minimum absolute atomic E-state index is 0.0491. The van der Waals surface area contributed by atoms with Crippen LogP contribution in [0.1, 0.15) is 40.9 Å². The van der Waals surface area contributed by atoms with E-state index in [9.17, 15) is 19.5 Å². The Bertz CT molecular complexity index is 1380. The standard InChI is InChI=1S/C29H28N2O6/c1-5-37-24(32)16-19-9-11-20(12-10-19)31-26(22-8-6-7-13-30-22)25(28(34)29(31)35)27(33)21-14-18(3)23(36-4)15-17(21)2/h6-15,26,33H,5,16H2,1-4H3/b27-25+. The van der Waals surface area contributed by atoms with Crippen molar-refractivity contribution in [2.75, 3.05) is 18.6 Å². The molecule has 1 aliphatic rings. The summed E-state index contributed by atoms with van der Waals surface area (Å²) < 4.78 is 10.4. The van der Waals surface area contributed by atoms with Gasteiger partial charge in [0.2, 0.25) is 0 Å². The topological polar surface area (TPSA) is 106 Å². The molecule has 1 N–H and O–H groups in total. The van der Waals surface area contributed by atoms with Gasteiger partial charge in [0.15, 0.2) is 0 Å². The number of rotatable bonds is 7. The van der Waals surface area contributed by atoms with E-state index >= 15 is 0 Å². The molecule has 1 aromatic heterocycles. The van der Waals surface area contributed by atoms with Gasteiger partial charge in [-0.2, -0.15) is 0 Å². The van der Waals surface area contributed by atoms with Crippen LogP contribution in [0.2, 0.25) is 0 Å². The molecule has 1 unspecified atom stereocenters. The summed E-state index contributed by atoms with van der Waals surface area (Å²) in [5, 5.41) is 11.4. The maximum absolute atomic E-state index is 13.4. The smallest absolute Gasteiger partial charge is 0.310 e. The molecule has 190 valence electrons. The average molecular weight is 501 g/mol. The number of esters is 1. The number of carbonyl (C=O) groups is 3. The van der Waals surface area contributed by atoms with Gasteiger partial charge in [0.25, 0.3) is 11.7 Å². The zero-order valence-corrected chi connectivity index (χ0v) is 21.1. The van der Waals surface area contributed by atoms with Crippen LogP contribution in [0.4, 0.5) is 5.69 Å². The summed E-state index contributed by atoms with van der Waals surface area (Å²) in [5.41, 5.74) is 3.42. The number of pyridine rings is 1. The second kappa shape index (κ2) is 10.7. The fraction of sp³-hybridized carbons (Fsp3) is 0.241. The van der Waals surface area contributed by atoms with Crippen molar-refractivity contribution in [1.29, 1.82) is 0 Å². The van der Waals surface area contributed by atoms with Crippen LogP contribution < -0.4 is 9.64 Å². The largest absolute Gasteiger partial charge is 0.507 e. The van der Waals surface area contributed by atoms with Crippen molar-refractivity contribution >= 4 is 29.1 Å². The summed E-state index contributed by atoms with van der Waals surface area (Å²) in [6, 6.07) is 14.5. The van der Waals surface area contributed by atoms with Gasteiger partial charge in [-0.25, -0.2) is 0 Å². The number of Topliss-reactive ketones (excluding diaryl/α,β-unsaturated/α-hetero) is 1. The fourth-order valence-electron chi connectivity index (χ4n) is 4.48. The van der Waals surface area contributed by atoms with Gasteiger partial charge >= 0.3 is 5.97 Å². The first-order valence-electron chi connectivity index (χ1n) is 11.9. The van der Waals surface area contributed by atoms with E-state index in [0.717, 1.165) is 5.56 Å². The van der Waals surface area contributed by atoms with Crippen LogP contribution in [0.25, 0.3) is 5.76 Å².